The topological polar surface area (TPSA) is 45.9 Å². The van der Waals surface area contributed by atoms with Crippen LogP contribution in [0.4, 0.5) is 0 Å². The minimum absolute atomic E-state index is 0. The maximum Gasteiger partial charge on any atom is 0.253 e. The molecule has 0 spiro atoms. The third kappa shape index (κ3) is 5.99. The number of hydrogen-bond acceptors (Lipinski definition) is 2. The third-order valence-corrected chi connectivity index (χ3v) is 2.15. The van der Waals surface area contributed by atoms with E-state index in [2.05, 4.69) is 10.3 Å². The molecule has 1 rings (SSSR count). The Hall–Kier alpha value is -0.290. The molecule has 2 N–H and O–H groups in total. The molecule has 0 aliphatic carbocycles. The number of hydrogen-bond donors (Lipinski definition) is 2. The second-order valence-corrected chi connectivity index (χ2v) is 3.96. The molecule has 0 aromatic heterocycles. The van der Waals surface area contributed by atoms with Crippen LogP contribution in [0.1, 0.15) is 6.42 Å². The van der Waals surface area contributed by atoms with Crippen LogP contribution in [0.25, 0.3) is 0 Å². The second-order valence-electron chi connectivity index (χ2n) is 2.86. The first-order chi connectivity index (χ1) is 6.70. The molecule has 1 atom stereocenters. The number of aliphatic imine (C=N–C) groups is 1. The van der Waals surface area contributed by atoms with Crippen molar-refractivity contribution in [1.29, 1.82) is 0 Å². The molecule has 1 aliphatic rings. The molecular formula is C8H12Cl3N3O. The van der Waals surface area contributed by atoms with Gasteiger partial charge < -0.3 is 17.7 Å². The fraction of sp³-hybridized carbons (Fsp3) is 0.500. The van der Waals surface area contributed by atoms with Gasteiger partial charge in [-0.3, -0.25) is 9.69 Å². The molecular weight excluding hydrogens is 260 g/mol. The zero-order chi connectivity index (χ0) is 10.4. The Morgan fingerprint density at radius 1 is 1.53 bits per heavy atom. The SMILES string of the molecule is O=C(NCCC[NH+]1C=CN=C1)C(Cl)Cl.[Cl-]. The van der Waals surface area contributed by atoms with Crippen LogP contribution in [0.3, 0.4) is 0 Å². The molecule has 0 bridgehead atoms. The van der Waals surface area contributed by atoms with Crippen LogP contribution in [0.5, 0.6) is 0 Å². The molecule has 0 saturated heterocycles. The van der Waals surface area contributed by atoms with E-state index >= 15 is 0 Å². The van der Waals surface area contributed by atoms with E-state index in [1.165, 1.54) is 4.90 Å². The van der Waals surface area contributed by atoms with E-state index in [9.17, 15) is 4.79 Å². The van der Waals surface area contributed by atoms with Crippen LogP contribution in [0.2, 0.25) is 0 Å². The van der Waals surface area contributed by atoms with Gasteiger partial charge in [-0.05, 0) is 0 Å². The van der Waals surface area contributed by atoms with Gasteiger partial charge in [0.05, 0.1) is 12.7 Å². The lowest BCUT2D eigenvalue weighted by molar-refractivity contribution is -0.736. The summed E-state index contributed by atoms with van der Waals surface area (Å²) in [7, 11) is 0. The van der Waals surface area contributed by atoms with Gasteiger partial charge in [0.25, 0.3) is 5.91 Å². The van der Waals surface area contributed by atoms with Gasteiger partial charge in [-0.1, -0.05) is 23.2 Å². The molecule has 0 fully saturated rings. The van der Waals surface area contributed by atoms with Crippen LogP contribution < -0.4 is 22.6 Å². The van der Waals surface area contributed by atoms with Crippen LogP contribution in [0.15, 0.2) is 17.4 Å². The molecule has 0 aromatic rings. The Morgan fingerprint density at radius 2 is 2.27 bits per heavy atom. The molecule has 1 aliphatic heterocycles. The highest BCUT2D eigenvalue weighted by Crippen LogP contribution is 1.99. The summed E-state index contributed by atoms with van der Waals surface area (Å²) in [6, 6.07) is 0. The summed E-state index contributed by atoms with van der Waals surface area (Å²) in [4.78, 5) is 15.0. The van der Waals surface area contributed by atoms with Crippen molar-refractivity contribution in [3.63, 3.8) is 0 Å². The molecule has 7 heteroatoms. The lowest BCUT2D eigenvalue weighted by atomic mass is 10.4. The molecule has 1 unspecified atom stereocenters. The first kappa shape index (κ1) is 14.7. The first-order valence-corrected chi connectivity index (χ1v) is 5.19. The van der Waals surface area contributed by atoms with E-state index in [-0.39, 0.29) is 18.3 Å². The fourth-order valence-corrected chi connectivity index (χ4v) is 1.20. The van der Waals surface area contributed by atoms with Gasteiger partial charge in [-0.15, -0.1) is 0 Å². The Morgan fingerprint density at radius 3 is 2.80 bits per heavy atom. The molecule has 0 saturated carbocycles. The minimum Gasteiger partial charge on any atom is -1.00 e. The predicted octanol–water partition coefficient (Wildman–Crippen LogP) is -3.30. The average molecular weight is 273 g/mol. The van der Waals surface area contributed by atoms with Gasteiger partial charge in [0.1, 0.15) is 6.20 Å². The molecule has 4 nitrogen and oxygen atoms in total. The van der Waals surface area contributed by atoms with Gasteiger partial charge in [-0.25, -0.2) is 4.99 Å². The molecule has 0 aromatic carbocycles. The van der Waals surface area contributed by atoms with Crippen molar-refractivity contribution < 1.29 is 22.1 Å². The average Bonchev–Trinajstić information content (AvgIpc) is 2.64. The van der Waals surface area contributed by atoms with E-state index < -0.39 is 4.84 Å². The van der Waals surface area contributed by atoms with Gasteiger partial charge in [0.2, 0.25) is 0 Å². The fourth-order valence-electron chi connectivity index (χ4n) is 1.05. The van der Waals surface area contributed by atoms with Crippen LogP contribution in [0, 0.1) is 0 Å². The number of halogens is 3. The van der Waals surface area contributed by atoms with Crippen molar-refractivity contribution in [2.75, 3.05) is 13.1 Å². The van der Waals surface area contributed by atoms with Gasteiger partial charge in [-0.2, -0.15) is 0 Å². The Kier molecular flexibility index (Phi) is 7.78. The molecule has 86 valence electrons. The molecule has 1 heterocycles. The smallest absolute Gasteiger partial charge is 0.253 e. The highest BCUT2D eigenvalue weighted by atomic mass is 35.5. The van der Waals surface area contributed by atoms with Crippen molar-refractivity contribution in [2.45, 2.75) is 11.3 Å². The van der Waals surface area contributed by atoms with Crippen molar-refractivity contribution >= 4 is 35.4 Å². The van der Waals surface area contributed by atoms with Crippen molar-refractivity contribution in [1.82, 2.24) is 5.32 Å². The maximum absolute atomic E-state index is 10.9. The number of nitrogens with one attached hydrogen (secondary N) is 2. The Bertz CT molecular complexity index is 244. The van der Waals surface area contributed by atoms with Crippen molar-refractivity contribution in [3.8, 4) is 0 Å². The van der Waals surface area contributed by atoms with E-state index in [4.69, 9.17) is 23.2 Å². The highest BCUT2D eigenvalue weighted by Gasteiger charge is 2.10. The number of quaternary nitrogens is 1. The number of rotatable bonds is 5. The summed E-state index contributed by atoms with van der Waals surface area (Å²) in [5.74, 6) is -0.339. The van der Waals surface area contributed by atoms with E-state index in [0.29, 0.717) is 6.54 Å². The van der Waals surface area contributed by atoms with Gasteiger partial charge in [0.15, 0.2) is 11.2 Å². The molecule has 15 heavy (non-hydrogen) atoms. The van der Waals surface area contributed by atoms with Gasteiger partial charge >= 0.3 is 0 Å². The second kappa shape index (κ2) is 7.93. The van der Waals surface area contributed by atoms with Crippen LogP contribution >= 0.6 is 23.2 Å². The monoisotopic (exact) mass is 271 g/mol. The zero-order valence-electron chi connectivity index (χ0n) is 7.92. The quantitative estimate of drug-likeness (QED) is 0.400. The number of amides is 1. The van der Waals surface area contributed by atoms with Gasteiger partial charge in [0, 0.05) is 13.0 Å². The zero-order valence-corrected chi connectivity index (χ0v) is 10.2. The standard InChI is InChI=1S/C8H11Cl2N3O.ClH/c9-7(10)8(14)12-2-1-4-13-5-3-11-6-13;/h3,5-7H,1-2,4H2,(H,12,14);1H. The summed E-state index contributed by atoms with van der Waals surface area (Å²) in [5.41, 5.74) is 0. The lowest BCUT2D eigenvalue weighted by Gasteiger charge is -2.06. The highest BCUT2D eigenvalue weighted by molar-refractivity contribution is 6.53. The molecule has 1 amide bonds. The Labute approximate surface area is 105 Å². The van der Waals surface area contributed by atoms with Crippen LogP contribution in [-0.2, 0) is 4.79 Å². The minimum atomic E-state index is -0.976. The number of alkyl halides is 2. The summed E-state index contributed by atoms with van der Waals surface area (Å²) in [5, 5.41) is 2.62. The number of nitrogens with zero attached hydrogens (tertiary/aromatic N) is 1. The number of carbonyl (C=O) groups is 1. The summed E-state index contributed by atoms with van der Waals surface area (Å²) < 4.78 is 0. The predicted molar refractivity (Wildman–Crippen MR) is 56.6 cm³/mol. The molecule has 0 radical (unpaired) electrons. The third-order valence-electron chi connectivity index (χ3n) is 1.75. The first-order valence-electron chi connectivity index (χ1n) is 4.31. The number of carbonyl (C=O) groups excluding carboxylic acids is 1. The summed E-state index contributed by atoms with van der Waals surface area (Å²) in [6.07, 6.45) is 6.38. The van der Waals surface area contributed by atoms with E-state index in [1.807, 2.05) is 12.5 Å². The van der Waals surface area contributed by atoms with Crippen LogP contribution in [-0.4, -0.2) is 30.2 Å². The summed E-state index contributed by atoms with van der Waals surface area (Å²) in [6.45, 7) is 1.48. The normalized spacial score (nSPS) is 17.9. The van der Waals surface area contributed by atoms with E-state index in [0.717, 1.165) is 13.0 Å². The van der Waals surface area contributed by atoms with Crippen molar-refractivity contribution in [3.05, 3.63) is 12.4 Å². The maximum atomic E-state index is 10.9. The summed E-state index contributed by atoms with van der Waals surface area (Å²) >= 11 is 10.7. The Balaban J connectivity index is 0.00000196. The van der Waals surface area contributed by atoms with Crippen molar-refractivity contribution in [2.24, 2.45) is 4.99 Å². The largest absolute Gasteiger partial charge is 1.00 e. The van der Waals surface area contributed by atoms with E-state index in [1.54, 1.807) is 6.20 Å². The lowest BCUT2D eigenvalue weighted by Crippen LogP contribution is -3.05.